The van der Waals surface area contributed by atoms with Crippen molar-refractivity contribution in [3.05, 3.63) is 53.6 Å². The number of benzene rings is 2. The second-order valence-electron chi connectivity index (χ2n) is 8.04. The Kier molecular flexibility index (Phi) is 6.11. The molecule has 8 heteroatoms. The van der Waals surface area contributed by atoms with Gasteiger partial charge in [0.25, 0.3) is 0 Å². The summed E-state index contributed by atoms with van der Waals surface area (Å²) in [6.07, 6.45) is 3.70. The molecule has 0 spiro atoms. The monoisotopic (exact) mass is 441 g/mol. The molecule has 1 saturated heterocycles. The number of amides is 2. The third-order valence-corrected chi connectivity index (χ3v) is 7.82. The van der Waals surface area contributed by atoms with E-state index in [0.717, 1.165) is 17.5 Å². The fourth-order valence-electron chi connectivity index (χ4n) is 4.23. The molecule has 2 N–H and O–H groups in total. The second-order valence-corrected chi connectivity index (χ2v) is 9.93. The maximum Gasteiger partial charge on any atom is 0.243 e. The quantitative estimate of drug-likeness (QED) is 0.744. The van der Waals surface area contributed by atoms with Crippen LogP contribution in [0.1, 0.15) is 43.7 Å². The summed E-state index contributed by atoms with van der Waals surface area (Å²) in [4.78, 5) is 24.9. The number of carbonyl (C=O) groups excluding carboxylic acids is 2. The number of nitrogens with one attached hydrogen (secondary N) is 2. The van der Waals surface area contributed by atoms with Gasteiger partial charge in [0, 0.05) is 24.3 Å². The average molecular weight is 442 g/mol. The lowest BCUT2D eigenvalue weighted by atomic mass is 10.1. The zero-order chi connectivity index (χ0) is 22.0. The van der Waals surface area contributed by atoms with Gasteiger partial charge >= 0.3 is 0 Å². The van der Waals surface area contributed by atoms with Crippen LogP contribution >= 0.6 is 0 Å². The van der Waals surface area contributed by atoms with Crippen LogP contribution in [0.25, 0.3) is 0 Å². The Hall–Kier alpha value is -2.71. The molecule has 4 rings (SSSR count). The van der Waals surface area contributed by atoms with Crippen molar-refractivity contribution >= 4 is 33.2 Å². The predicted molar refractivity (Wildman–Crippen MR) is 119 cm³/mol. The van der Waals surface area contributed by atoms with Crippen molar-refractivity contribution in [1.29, 1.82) is 0 Å². The largest absolute Gasteiger partial charge is 0.326 e. The van der Waals surface area contributed by atoms with Gasteiger partial charge in [-0.15, -0.1) is 0 Å². The van der Waals surface area contributed by atoms with Crippen LogP contribution in [-0.2, 0) is 32.5 Å². The third-order valence-electron chi connectivity index (χ3n) is 5.92. The molecule has 164 valence electrons. The van der Waals surface area contributed by atoms with E-state index in [1.807, 2.05) is 31.2 Å². The Morgan fingerprint density at radius 2 is 2.00 bits per heavy atom. The normalized spacial score (nSPS) is 19.4. The number of nitrogens with zero attached hydrogens (tertiary/aromatic N) is 1. The van der Waals surface area contributed by atoms with E-state index in [1.165, 1.54) is 10.4 Å². The van der Waals surface area contributed by atoms with Crippen molar-refractivity contribution in [2.24, 2.45) is 0 Å². The van der Waals surface area contributed by atoms with Gasteiger partial charge in [0.1, 0.15) is 6.04 Å². The van der Waals surface area contributed by atoms with E-state index in [2.05, 4.69) is 10.6 Å². The van der Waals surface area contributed by atoms with E-state index in [9.17, 15) is 18.0 Å². The first kappa shape index (κ1) is 21.5. The molecule has 7 nitrogen and oxygen atoms in total. The van der Waals surface area contributed by atoms with Crippen molar-refractivity contribution in [3.8, 4) is 0 Å². The van der Waals surface area contributed by atoms with Crippen LogP contribution in [0.2, 0.25) is 0 Å². The van der Waals surface area contributed by atoms with Gasteiger partial charge in [0.2, 0.25) is 21.8 Å². The van der Waals surface area contributed by atoms with Gasteiger partial charge in [-0.1, -0.05) is 19.1 Å². The maximum atomic E-state index is 13.4. The molecule has 0 unspecified atom stereocenters. The minimum absolute atomic E-state index is 0.0576. The Morgan fingerprint density at radius 3 is 2.81 bits per heavy atom. The summed E-state index contributed by atoms with van der Waals surface area (Å²) >= 11 is 0. The molecule has 1 atom stereocenters. The van der Waals surface area contributed by atoms with Crippen LogP contribution in [-0.4, -0.2) is 37.1 Å². The molecule has 2 aliphatic heterocycles. The predicted octanol–water partition coefficient (Wildman–Crippen LogP) is 3.32. The van der Waals surface area contributed by atoms with Gasteiger partial charge in [-0.05, 0) is 73.6 Å². The highest BCUT2D eigenvalue weighted by Gasteiger charge is 2.39. The number of rotatable bonds is 5. The Bertz CT molecular complexity index is 1110. The van der Waals surface area contributed by atoms with Crippen molar-refractivity contribution in [2.45, 2.75) is 56.4 Å². The van der Waals surface area contributed by atoms with Gasteiger partial charge < -0.3 is 10.6 Å². The SMILES string of the molecule is CCc1cccc(NC(=O)[C@@H]2CCCN2S(=O)(=O)c2ccc3c(c2)CCCC(=O)N3)c1. The zero-order valence-corrected chi connectivity index (χ0v) is 18.4. The van der Waals surface area contributed by atoms with E-state index >= 15 is 0 Å². The lowest BCUT2D eigenvalue weighted by molar-refractivity contribution is -0.119. The first-order valence-corrected chi connectivity index (χ1v) is 12.2. The van der Waals surface area contributed by atoms with Crippen LogP contribution in [0, 0.1) is 0 Å². The molecule has 2 aromatic carbocycles. The molecule has 1 fully saturated rings. The number of aryl methyl sites for hydroxylation is 2. The smallest absolute Gasteiger partial charge is 0.243 e. The minimum atomic E-state index is -3.84. The number of fused-ring (bicyclic) bond motifs is 1. The van der Waals surface area contributed by atoms with Crippen molar-refractivity contribution in [2.75, 3.05) is 17.2 Å². The Morgan fingerprint density at radius 1 is 1.16 bits per heavy atom. The molecule has 2 heterocycles. The Labute approximate surface area is 182 Å². The minimum Gasteiger partial charge on any atom is -0.326 e. The van der Waals surface area contributed by atoms with Crippen LogP contribution in [0.4, 0.5) is 11.4 Å². The summed E-state index contributed by atoms with van der Waals surface area (Å²) in [5, 5.41) is 5.71. The lowest BCUT2D eigenvalue weighted by Crippen LogP contribution is -2.43. The van der Waals surface area contributed by atoms with Crippen LogP contribution < -0.4 is 10.6 Å². The van der Waals surface area contributed by atoms with Crippen LogP contribution in [0.3, 0.4) is 0 Å². The summed E-state index contributed by atoms with van der Waals surface area (Å²) < 4.78 is 28.1. The maximum absolute atomic E-state index is 13.4. The van der Waals surface area contributed by atoms with Gasteiger partial charge in [0.05, 0.1) is 4.90 Å². The molecule has 2 aliphatic rings. The highest BCUT2D eigenvalue weighted by molar-refractivity contribution is 7.89. The fourth-order valence-corrected chi connectivity index (χ4v) is 5.94. The van der Waals surface area contributed by atoms with E-state index in [4.69, 9.17) is 0 Å². The molecular formula is C23H27N3O4S. The molecule has 0 aliphatic carbocycles. The number of sulfonamides is 1. The highest BCUT2D eigenvalue weighted by atomic mass is 32.2. The summed E-state index contributed by atoms with van der Waals surface area (Å²) in [5.74, 6) is -0.367. The molecule has 2 aromatic rings. The number of anilines is 2. The van der Waals surface area contributed by atoms with Gasteiger partial charge in [-0.25, -0.2) is 8.42 Å². The molecule has 0 saturated carbocycles. The molecule has 2 amide bonds. The van der Waals surface area contributed by atoms with Gasteiger partial charge in [-0.2, -0.15) is 4.31 Å². The first-order valence-electron chi connectivity index (χ1n) is 10.7. The van der Waals surface area contributed by atoms with Gasteiger partial charge in [-0.3, -0.25) is 9.59 Å². The van der Waals surface area contributed by atoms with E-state index in [1.54, 1.807) is 12.1 Å². The second kappa shape index (κ2) is 8.80. The number of carbonyl (C=O) groups is 2. The molecule has 0 aromatic heterocycles. The van der Waals surface area contributed by atoms with E-state index in [-0.39, 0.29) is 16.7 Å². The average Bonchev–Trinajstić information content (AvgIpc) is 3.18. The van der Waals surface area contributed by atoms with Gasteiger partial charge in [0.15, 0.2) is 0 Å². The summed E-state index contributed by atoms with van der Waals surface area (Å²) in [7, 11) is -3.84. The Balaban J connectivity index is 1.56. The number of hydrogen-bond donors (Lipinski definition) is 2. The molecule has 0 bridgehead atoms. The topological polar surface area (TPSA) is 95.6 Å². The van der Waals surface area contributed by atoms with Crippen molar-refractivity contribution in [3.63, 3.8) is 0 Å². The molecule has 31 heavy (non-hydrogen) atoms. The standard InChI is InChI=1S/C23H27N3O4S/c1-2-16-6-3-8-18(14-16)24-23(28)21-9-5-13-26(21)31(29,30)19-11-12-20-17(15-19)7-4-10-22(27)25-20/h3,6,8,11-12,14-15,21H,2,4-5,7,9-10,13H2,1H3,(H,24,28)(H,25,27)/t21-/m0/s1. The summed E-state index contributed by atoms with van der Waals surface area (Å²) in [6.45, 7) is 2.35. The number of hydrogen-bond acceptors (Lipinski definition) is 4. The third kappa shape index (κ3) is 4.50. The van der Waals surface area contributed by atoms with Crippen molar-refractivity contribution < 1.29 is 18.0 Å². The van der Waals surface area contributed by atoms with Crippen LogP contribution in [0.15, 0.2) is 47.4 Å². The first-order chi connectivity index (χ1) is 14.9. The molecular weight excluding hydrogens is 414 g/mol. The highest BCUT2D eigenvalue weighted by Crippen LogP contribution is 2.31. The summed E-state index contributed by atoms with van der Waals surface area (Å²) in [6, 6.07) is 11.6. The van der Waals surface area contributed by atoms with E-state index in [0.29, 0.717) is 50.0 Å². The van der Waals surface area contributed by atoms with Crippen molar-refractivity contribution in [1.82, 2.24) is 4.31 Å². The summed E-state index contributed by atoms with van der Waals surface area (Å²) in [5.41, 5.74) is 3.25. The zero-order valence-electron chi connectivity index (χ0n) is 17.6. The molecule has 0 radical (unpaired) electrons. The fraction of sp³-hybridized carbons (Fsp3) is 0.391. The lowest BCUT2D eigenvalue weighted by Gasteiger charge is -2.24. The van der Waals surface area contributed by atoms with Crippen LogP contribution in [0.5, 0.6) is 0 Å². The van der Waals surface area contributed by atoms with E-state index < -0.39 is 16.1 Å².